The minimum absolute atomic E-state index is 0.787. The molecular weight excluding hydrogens is 160 g/mol. The predicted octanol–water partition coefficient (Wildman–Crippen LogP) is 1.47. The molecule has 0 aliphatic carbocycles. The van der Waals surface area contributed by atoms with Crippen molar-refractivity contribution < 1.29 is 0 Å². The lowest BCUT2D eigenvalue weighted by Gasteiger charge is -2.22. The zero-order chi connectivity index (χ0) is 9.26. The highest BCUT2D eigenvalue weighted by Crippen LogP contribution is 2.27. The van der Waals surface area contributed by atoms with Gasteiger partial charge >= 0.3 is 0 Å². The lowest BCUT2D eigenvalue weighted by atomic mass is 10.1. The van der Waals surface area contributed by atoms with Gasteiger partial charge in [0, 0.05) is 18.6 Å². The quantitative estimate of drug-likeness (QED) is 0.711. The summed E-state index contributed by atoms with van der Waals surface area (Å²) in [6.45, 7) is 8.45. The third kappa shape index (κ3) is 2.05. The molecule has 0 aromatic heterocycles. The summed E-state index contributed by atoms with van der Waals surface area (Å²) in [4.78, 5) is 2.66. The molecule has 2 aliphatic heterocycles. The Morgan fingerprint density at radius 3 is 2.92 bits per heavy atom. The number of nitrogens with one attached hydrogen (secondary N) is 1. The van der Waals surface area contributed by atoms with Crippen LogP contribution in [0.15, 0.2) is 0 Å². The highest BCUT2D eigenvalue weighted by molar-refractivity contribution is 4.95. The summed E-state index contributed by atoms with van der Waals surface area (Å²) in [6, 6.07) is 1.67. The molecule has 0 aromatic carbocycles. The van der Waals surface area contributed by atoms with E-state index in [4.69, 9.17) is 0 Å². The molecule has 0 bridgehead atoms. The molecule has 2 aliphatic rings. The summed E-state index contributed by atoms with van der Waals surface area (Å²) in [5, 5.41) is 3.71. The number of hydrogen-bond acceptors (Lipinski definition) is 2. The van der Waals surface area contributed by atoms with E-state index < -0.39 is 0 Å². The van der Waals surface area contributed by atoms with Crippen LogP contribution in [0.25, 0.3) is 0 Å². The molecule has 2 nitrogen and oxygen atoms in total. The highest BCUT2D eigenvalue weighted by atomic mass is 15.2. The minimum Gasteiger partial charge on any atom is -0.312 e. The standard InChI is InChI=1S/C11H22N2/c1-9(2)8-12-10-5-7-13-6-3-4-11(10)13/h9-12H,3-8H2,1-2H3. The summed E-state index contributed by atoms with van der Waals surface area (Å²) in [5.41, 5.74) is 0. The van der Waals surface area contributed by atoms with Crippen LogP contribution in [-0.2, 0) is 0 Å². The number of fused-ring (bicyclic) bond motifs is 1. The number of nitrogens with zero attached hydrogens (tertiary/aromatic N) is 1. The van der Waals surface area contributed by atoms with Gasteiger partial charge in [-0.3, -0.25) is 4.90 Å². The fourth-order valence-corrected chi connectivity index (χ4v) is 2.71. The average molecular weight is 182 g/mol. The van der Waals surface area contributed by atoms with Crippen molar-refractivity contribution >= 4 is 0 Å². The summed E-state index contributed by atoms with van der Waals surface area (Å²) in [6.07, 6.45) is 4.22. The van der Waals surface area contributed by atoms with Gasteiger partial charge in [0.25, 0.3) is 0 Å². The zero-order valence-corrected chi connectivity index (χ0v) is 8.92. The molecular formula is C11H22N2. The maximum absolute atomic E-state index is 3.71. The SMILES string of the molecule is CC(C)CNC1CCN2CCCC12. The Kier molecular flexibility index (Phi) is 2.89. The van der Waals surface area contributed by atoms with E-state index in [-0.39, 0.29) is 0 Å². The number of rotatable bonds is 3. The van der Waals surface area contributed by atoms with Crippen LogP contribution in [0.2, 0.25) is 0 Å². The van der Waals surface area contributed by atoms with Gasteiger partial charge in [0.2, 0.25) is 0 Å². The Balaban J connectivity index is 1.80. The highest BCUT2D eigenvalue weighted by Gasteiger charge is 2.36. The van der Waals surface area contributed by atoms with Crippen molar-refractivity contribution in [1.29, 1.82) is 0 Å². The van der Waals surface area contributed by atoms with Crippen LogP contribution in [0, 0.1) is 5.92 Å². The third-order valence-electron chi connectivity index (χ3n) is 3.39. The van der Waals surface area contributed by atoms with Crippen LogP contribution < -0.4 is 5.32 Å². The molecule has 13 heavy (non-hydrogen) atoms. The van der Waals surface area contributed by atoms with Gasteiger partial charge in [0.15, 0.2) is 0 Å². The van der Waals surface area contributed by atoms with Crippen molar-refractivity contribution in [3.63, 3.8) is 0 Å². The van der Waals surface area contributed by atoms with Crippen molar-refractivity contribution in [2.24, 2.45) is 5.92 Å². The van der Waals surface area contributed by atoms with Gasteiger partial charge in [-0.1, -0.05) is 13.8 Å². The maximum atomic E-state index is 3.71. The predicted molar refractivity (Wildman–Crippen MR) is 55.8 cm³/mol. The molecule has 1 N–H and O–H groups in total. The first-order valence-electron chi connectivity index (χ1n) is 5.75. The van der Waals surface area contributed by atoms with E-state index in [9.17, 15) is 0 Å². The van der Waals surface area contributed by atoms with Crippen molar-refractivity contribution in [3.8, 4) is 0 Å². The van der Waals surface area contributed by atoms with Crippen LogP contribution in [0.5, 0.6) is 0 Å². The van der Waals surface area contributed by atoms with E-state index in [1.165, 1.54) is 38.9 Å². The Morgan fingerprint density at radius 1 is 1.31 bits per heavy atom. The number of hydrogen-bond donors (Lipinski definition) is 1. The van der Waals surface area contributed by atoms with Gasteiger partial charge in [-0.15, -0.1) is 0 Å². The van der Waals surface area contributed by atoms with Crippen LogP contribution in [0.4, 0.5) is 0 Å². The summed E-state index contributed by atoms with van der Waals surface area (Å²) >= 11 is 0. The molecule has 2 heterocycles. The fourth-order valence-electron chi connectivity index (χ4n) is 2.71. The Labute approximate surface area is 81.7 Å². The second-order valence-electron chi connectivity index (χ2n) is 4.94. The molecule has 0 radical (unpaired) electrons. The van der Waals surface area contributed by atoms with Gasteiger partial charge in [0.1, 0.15) is 0 Å². The van der Waals surface area contributed by atoms with E-state index >= 15 is 0 Å². The van der Waals surface area contributed by atoms with Crippen LogP contribution in [0.3, 0.4) is 0 Å². The molecule has 0 saturated carbocycles. The van der Waals surface area contributed by atoms with E-state index in [0.29, 0.717) is 0 Å². The largest absolute Gasteiger partial charge is 0.312 e. The average Bonchev–Trinajstić information content (AvgIpc) is 2.60. The van der Waals surface area contributed by atoms with Crippen molar-refractivity contribution in [2.45, 2.75) is 45.2 Å². The molecule has 0 amide bonds. The van der Waals surface area contributed by atoms with E-state index in [1.807, 2.05) is 0 Å². The Hall–Kier alpha value is -0.0800. The summed E-state index contributed by atoms with van der Waals surface area (Å²) < 4.78 is 0. The van der Waals surface area contributed by atoms with Crippen molar-refractivity contribution in [1.82, 2.24) is 10.2 Å². The molecule has 76 valence electrons. The van der Waals surface area contributed by atoms with Gasteiger partial charge < -0.3 is 5.32 Å². The normalized spacial score (nSPS) is 34.4. The smallest absolute Gasteiger partial charge is 0.0250 e. The first-order chi connectivity index (χ1) is 6.27. The molecule has 2 fully saturated rings. The monoisotopic (exact) mass is 182 g/mol. The summed E-state index contributed by atoms with van der Waals surface area (Å²) in [5.74, 6) is 0.787. The molecule has 2 rings (SSSR count). The lowest BCUT2D eigenvalue weighted by molar-refractivity contribution is 0.295. The van der Waals surface area contributed by atoms with Crippen molar-refractivity contribution in [2.75, 3.05) is 19.6 Å². The Morgan fingerprint density at radius 2 is 2.15 bits per heavy atom. The zero-order valence-electron chi connectivity index (χ0n) is 8.92. The van der Waals surface area contributed by atoms with Crippen molar-refractivity contribution in [3.05, 3.63) is 0 Å². The van der Waals surface area contributed by atoms with Gasteiger partial charge in [-0.05, 0) is 38.3 Å². The van der Waals surface area contributed by atoms with Gasteiger partial charge in [-0.25, -0.2) is 0 Å². The van der Waals surface area contributed by atoms with E-state index in [1.54, 1.807) is 0 Å². The van der Waals surface area contributed by atoms with Gasteiger partial charge in [0.05, 0.1) is 0 Å². The van der Waals surface area contributed by atoms with Crippen LogP contribution in [0.1, 0.15) is 33.1 Å². The minimum atomic E-state index is 0.787. The second-order valence-corrected chi connectivity index (χ2v) is 4.94. The first-order valence-corrected chi connectivity index (χ1v) is 5.75. The molecule has 0 aromatic rings. The van der Waals surface area contributed by atoms with E-state index in [2.05, 4.69) is 24.1 Å². The second kappa shape index (κ2) is 3.97. The molecule has 2 heteroatoms. The molecule has 0 spiro atoms. The van der Waals surface area contributed by atoms with Gasteiger partial charge in [-0.2, -0.15) is 0 Å². The van der Waals surface area contributed by atoms with Crippen LogP contribution in [-0.4, -0.2) is 36.6 Å². The molecule has 2 atom stereocenters. The topological polar surface area (TPSA) is 15.3 Å². The third-order valence-corrected chi connectivity index (χ3v) is 3.39. The maximum Gasteiger partial charge on any atom is 0.0250 e. The lowest BCUT2D eigenvalue weighted by Crippen LogP contribution is -2.40. The fraction of sp³-hybridized carbons (Fsp3) is 1.00. The molecule has 2 saturated heterocycles. The van der Waals surface area contributed by atoms with Crippen LogP contribution >= 0.6 is 0 Å². The molecule has 2 unspecified atom stereocenters. The first kappa shape index (κ1) is 9.47. The Bertz CT molecular complexity index is 167. The summed E-state index contributed by atoms with van der Waals surface area (Å²) in [7, 11) is 0. The van der Waals surface area contributed by atoms with E-state index in [0.717, 1.165) is 18.0 Å².